The van der Waals surface area contributed by atoms with Gasteiger partial charge in [0.05, 0.1) is 0 Å². The Bertz CT molecular complexity index is 288. The maximum Gasteiger partial charge on any atom is 0.123 e. The lowest BCUT2D eigenvalue weighted by atomic mass is 10.1. The van der Waals surface area contributed by atoms with Crippen LogP contribution in [0.2, 0.25) is 5.02 Å². The van der Waals surface area contributed by atoms with Crippen LogP contribution in [0, 0.1) is 5.82 Å². The summed E-state index contributed by atoms with van der Waals surface area (Å²) in [5, 5.41) is 3.71. The second-order valence-corrected chi connectivity index (χ2v) is 3.54. The van der Waals surface area contributed by atoms with Gasteiger partial charge in [0.25, 0.3) is 0 Å². The van der Waals surface area contributed by atoms with Gasteiger partial charge in [-0.25, -0.2) is 4.39 Å². The Labute approximate surface area is 82.9 Å². The van der Waals surface area contributed by atoms with Crippen molar-refractivity contribution in [3.05, 3.63) is 34.6 Å². The number of hydrogen-bond acceptors (Lipinski definition) is 1. The first-order valence-corrected chi connectivity index (χ1v) is 4.62. The number of nitrogens with one attached hydrogen (secondary N) is 1. The van der Waals surface area contributed by atoms with Crippen molar-refractivity contribution in [2.45, 2.75) is 19.4 Å². The number of rotatable bonds is 3. The number of halogens is 2. The first-order valence-electron chi connectivity index (χ1n) is 4.24. The largest absolute Gasteiger partial charge is 0.317 e. The van der Waals surface area contributed by atoms with Crippen molar-refractivity contribution in [3.63, 3.8) is 0 Å². The summed E-state index contributed by atoms with van der Waals surface area (Å²) in [6.07, 6.45) is 0.743. The minimum Gasteiger partial charge on any atom is -0.317 e. The first-order chi connectivity index (χ1) is 6.13. The van der Waals surface area contributed by atoms with Gasteiger partial charge in [-0.3, -0.25) is 0 Å². The highest BCUT2D eigenvalue weighted by Crippen LogP contribution is 2.18. The average Bonchev–Trinajstić information content (AvgIpc) is 2.11. The molecule has 1 aromatic carbocycles. The van der Waals surface area contributed by atoms with E-state index in [0.29, 0.717) is 11.1 Å². The van der Waals surface area contributed by atoms with Gasteiger partial charge < -0.3 is 5.32 Å². The minimum atomic E-state index is -0.234. The molecule has 1 atom stereocenters. The van der Waals surface area contributed by atoms with E-state index in [-0.39, 0.29) is 5.82 Å². The first kappa shape index (κ1) is 10.5. The quantitative estimate of drug-likeness (QED) is 0.793. The predicted octanol–water partition coefficient (Wildman–Crippen LogP) is 2.63. The van der Waals surface area contributed by atoms with E-state index < -0.39 is 0 Å². The average molecular weight is 202 g/mol. The Kier molecular flexibility index (Phi) is 3.70. The maximum atomic E-state index is 12.8. The Morgan fingerprint density at radius 2 is 2.23 bits per heavy atom. The maximum absolute atomic E-state index is 12.8. The zero-order valence-electron chi connectivity index (χ0n) is 7.77. The lowest BCUT2D eigenvalue weighted by Gasteiger charge is -2.11. The Morgan fingerprint density at radius 1 is 1.54 bits per heavy atom. The Hall–Kier alpha value is -0.600. The van der Waals surface area contributed by atoms with Crippen LogP contribution in [0.25, 0.3) is 0 Å². The van der Waals surface area contributed by atoms with E-state index in [0.717, 1.165) is 12.0 Å². The predicted molar refractivity (Wildman–Crippen MR) is 53.6 cm³/mol. The molecule has 0 radical (unpaired) electrons. The van der Waals surface area contributed by atoms with Gasteiger partial charge in [-0.05, 0) is 44.2 Å². The van der Waals surface area contributed by atoms with Crippen molar-refractivity contribution < 1.29 is 4.39 Å². The fourth-order valence-electron chi connectivity index (χ4n) is 1.13. The van der Waals surface area contributed by atoms with E-state index >= 15 is 0 Å². The summed E-state index contributed by atoms with van der Waals surface area (Å²) in [4.78, 5) is 0. The molecular formula is C10H13ClFN. The zero-order chi connectivity index (χ0) is 9.84. The summed E-state index contributed by atoms with van der Waals surface area (Å²) in [5.74, 6) is -0.234. The van der Waals surface area contributed by atoms with Gasteiger partial charge in [0.1, 0.15) is 5.82 Å². The highest BCUT2D eigenvalue weighted by Gasteiger charge is 2.05. The third-order valence-electron chi connectivity index (χ3n) is 2.03. The van der Waals surface area contributed by atoms with E-state index in [1.54, 1.807) is 6.07 Å². The molecular weight excluding hydrogens is 189 g/mol. The van der Waals surface area contributed by atoms with Crippen molar-refractivity contribution in [3.8, 4) is 0 Å². The van der Waals surface area contributed by atoms with Crippen LogP contribution < -0.4 is 5.32 Å². The third-order valence-corrected chi connectivity index (χ3v) is 2.40. The van der Waals surface area contributed by atoms with Crippen LogP contribution in [0.4, 0.5) is 4.39 Å². The molecule has 0 heterocycles. The monoisotopic (exact) mass is 201 g/mol. The van der Waals surface area contributed by atoms with Gasteiger partial charge in [0.15, 0.2) is 0 Å². The summed E-state index contributed by atoms with van der Waals surface area (Å²) in [7, 11) is 1.87. The summed E-state index contributed by atoms with van der Waals surface area (Å²) in [6, 6.07) is 4.75. The van der Waals surface area contributed by atoms with Gasteiger partial charge in [0, 0.05) is 11.1 Å². The molecule has 13 heavy (non-hydrogen) atoms. The highest BCUT2D eigenvalue weighted by atomic mass is 35.5. The van der Waals surface area contributed by atoms with E-state index in [1.807, 2.05) is 14.0 Å². The lowest BCUT2D eigenvalue weighted by molar-refractivity contribution is 0.597. The molecule has 1 nitrogen and oxygen atoms in total. The smallest absolute Gasteiger partial charge is 0.123 e. The lowest BCUT2D eigenvalue weighted by Crippen LogP contribution is -2.23. The van der Waals surface area contributed by atoms with Crippen molar-refractivity contribution >= 4 is 11.6 Å². The fourth-order valence-corrected chi connectivity index (χ4v) is 1.33. The summed E-state index contributed by atoms with van der Waals surface area (Å²) in [6.45, 7) is 2.03. The van der Waals surface area contributed by atoms with Crippen LogP contribution in [-0.4, -0.2) is 13.1 Å². The molecule has 0 aliphatic rings. The van der Waals surface area contributed by atoms with E-state index in [9.17, 15) is 4.39 Å². The van der Waals surface area contributed by atoms with Crippen LogP contribution in [0.15, 0.2) is 18.2 Å². The summed E-state index contributed by atoms with van der Waals surface area (Å²) < 4.78 is 12.8. The van der Waals surface area contributed by atoms with Gasteiger partial charge in [-0.2, -0.15) is 0 Å². The second-order valence-electron chi connectivity index (χ2n) is 3.13. The molecule has 0 spiro atoms. The molecule has 0 aliphatic carbocycles. The minimum absolute atomic E-state index is 0.234. The molecule has 1 unspecified atom stereocenters. The third kappa shape index (κ3) is 2.98. The summed E-state index contributed by atoms with van der Waals surface area (Å²) >= 11 is 5.90. The van der Waals surface area contributed by atoms with Crippen molar-refractivity contribution in [2.24, 2.45) is 0 Å². The molecule has 0 fully saturated rings. The molecule has 0 saturated heterocycles. The van der Waals surface area contributed by atoms with Gasteiger partial charge in [0.2, 0.25) is 0 Å². The van der Waals surface area contributed by atoms with Gasteiger partial charge >= 0.3 is 0 Å². The van der Waals surface area contributed by atoms with Gasteiger partial charge in [-0.1, -0.05) is 11.6 Å². The topological polar surface area (TPSA) is 12.0 Å². The van der Waals surface area contributed by atoms with E-state index in [2.05, 4.69) is 5.32 Å². The highest BCUT2D eigenvalue weighted by molar-refractivity contribution is 6.31. The van der Waals surface area contributed by atoms with Crippen LogP contribution in [0.1, 0.15) is 12.5 Å². The zero-order valence-corrected chi connectivity index (χ0v) is 8.53. The second kappa shape index (κ2) is 4.58. The Balaban J connectivity index is 2.81. The SMILES string of the molecule is CNC(C)Cc1cc(F)ccc1Cl. The fraction of sp³-hybridized carbons (Fsp3) is 0.400. The molecule has 1 aromatic rings. The van der Waals surface area contributed by atoms with Crippen LogP contribution in [0.5, 0.6) is 0 Å². The molecule has 0 saturated carbocycles. The van der Waals surface area contributed by atoms with Crippen molar-refractivity contribution in [1.82, 2.24) is 5.32 Å². The molecule has 3 heteroatoms. The van der Waals surface area contributed by atoms with E-state index in [1.165, 1.54) is 12.1 Å². The van der Waals surface area contributed by atoms with E-state index in [4.69, 9.17) is 11.6 Å². The number of benzene rings is 1. The molecule has 0 bridgehead atoms. The van der Waals surface area contributed by atoms with Crippen LogP contribution in [-0.2, 0) is 6.42 Å². The van der Waals surface area contributed by atoms with Crippen LogP contribution >= 0.6 is 11.6 Å². The van der Waals surface area contributed by atoms with Crippen molar-refractivity contribution in [1.29, 1.82) is 0 Å². The Morgan fingerprint density at radius 3 is 2.85 bits per heavy atom. The summed E-state index contributed by atoms with van der Waals surface area (Å²) in [5.41, 5.74) is 0.850. The number of likely N-dealkylation sites (N-methyl/N-ethyl adjacent to an activating group) is 1. The molecule has 1 rings (SSSR count). The molecule has 0 aliphatic heterocycles. The number of hydrogen-bond donors (Lipinski definition) is 1. The molecule has 72 valence electrons. The normalized spacial score (nSPS) is 12.9. The molecule has 1 N–H and O–H groups in total. The molecule has 0 aromatic heterocycles. The standard InChI is InChI=1S/C10H13ClFN/c1-7(13-2)5-8-6-9(12)3-4-10(8)11/h3-4,6-7,13H,5H2,1-2H3. The van der Waals surface area contributed by atoms with Crippen molar-refractivity contribution in [2.75, 3.05) is 7.05 Å². The van der Waals surface area contributed by atoms with Gasteiger partial charge in [-0.15, -0.1) is 0 Å². The van der Waals surface area contributed by atoms with Crippen LogP contribution in [0.3, 0.4) is 0 Å². The molecule has 0 amide bonds.